The summed E-state index contributed by atoms with van der Waals surface area (Å²) in [7, 11) is 1.55. The molecule has 3 amide bonds. The molecule has 1 N–H and O–H groups in total. The van der Waals surface area contributed by atoms with Gasteiger partial charge >= 0.3 is 10.8 Å². The predicted octanol–water partition coefficient (Wildman–Crippen LogP) is 5.18. The van der Waals surface area contributed by atoms with Crippen LogP contribution in [0.2, 0.25) is 5.02 Å². The number of benzene rings is 3. The first-order valence-corrected chi connectivity index (χ1v) is 16.0. The molecule has 0 saturated carbocycles. The fraction of sp³-hybridized carbons (Fsp3) is 0.219. The standard InChI is InChI=1S/C32H26ClN3O7S2/c1-3-43-31(40)18-4-12-21(13-5-18)36-28(38)25-24(17-6-14-22(42-2)15-7-17)27-30(44-26(25)29(36)39)35(32(41)45-27)16-23(37)34-20-10-8-19(33)9-11-20/h4-15,24-26H,3,16H2,1-2H3,(H,34,37)/t24-,25-,26+/m0/s1. The Morgan fingerprint density at radius 1 is 0.933 bits per heavy atom. The van der Waals surface area contributed by atoms with Gasteiger partial charge in [0.1, 0.15) is 17.5 Å². The van der Waals surface area contributed by atoms with Gasteiger partial charge in [-0.3, -0.25) is 23.7 Å². The number of thioether (sulfide) groups is 1. The number of hydrogen-bond donors (Lipinski definition) is 1. The van der Waals surface area contributed by atoms with Crippen molar-refractivity contribution in [3.8, 4) is 5.75 Å². The minimum absolute atomic E-state index is 0.217. The molecule has 1 aromatic heterocycles. The Balaban J connectivity index is 1.37. The number of anilines is 2. The lowest BCUT2D eigenvalue weighted by molar-refractivity contribution is -0.122. The molecule has 3 heterocycles. The van der Waals surface area contributed by atoms with Crippen LogP contribution in [0, 0.1) is 5.92 Å². The summed E-state index contributed by atoms with van der Waals surface area (Å²) in [6.45, 7) is 1.64. The molecule has 230 valence electrons. The normalized spacial score (nSPS) is 18.7. The first kappa shape index (κ1) is 30.6. The van der Waals surface area contributed by atoms with Crippen LogP contribution in [0.3, 0.4) is 0 Å². The van der Waals surface area contributed by atoms with Gasteiger partial charge < -0.3 is 14.8 Å². The first-order chi connectivity index (χ1) is 21.7. The number of nitrogens with zero attached hydrogens (tertiary/aromatic N) is 2. The third-order valence-electron chi connectivity index (χ3n) is 7.59. The van der Waals surface area contributed by atoms with Gasteiger partial charge in [0.05, 0.1) is 35.9 Å². The number of thiazole rings is 1. The minimum atomic E-state index is -0.860. The predicted molar refractivity (Wildman–Crippen MR) is 172 cm³/mol. The van der Waals surface area contributed by atoms with Crippen LogP contribution in [-0.2, 0) is 25.7 Å². The molecule has 45 heavy (non-hydrogen) atoms. The number of ether oxygens (including phenoxy) is 2. The lowest BCUT2D eigenvalue weighted by Gasteiger charge is -2.30. The van der Waals surface area contributed by atoms with Crippen molar-refractivity contribution in [2.75, 3.05) is 23.9 Å². The fourth-order valence-electron chi connectivity index (χ4n) is 5.52. The Labute approximate surface area is 270 Å². The number of fused-ring (bicyclic) bond motifs is 2. The summed E-state index contributed by atoms with van der Waals surface area (Å²) < 4.78 is 11.7. The number of halogens is 1. The van der Waals surface area contributed by atoms with Crippen LogP contribution in [-0.4, -0.2) is 47.2 Å². The summed E-state index contributed by atoms with van der Waals surface area (Å²) in [5, 5.41) is 2.90. The van der Waals surface area contributed by atoms with E-state index in [4.69, 9.17) is 21.1 Å². The highest BCUT2D eigenvalue weighted by atomic mass is 35.5. The molecule has 2 aliphatic heterocycles. The van der Waals surface area contributed by atoms with Crippen LogP contribution in [0.5, 0.6) is 5.75 Å². The lowest BCUT2D eigenvalue weighted by Crippen LogP contribution is -2.33. The summed E-state index contributed by atoms with van der Waals surface area (Å²) in [6.07, 6.45) is 0. The molecular weight excluding hydrogens is 638 g/mol. The van der Waals surface area contributed by atoms with Crippen molar-refractivity contribution in [1.82, 2.24) is 4.57 Å². The minimum Gasteiger partial charge on any atom is -0.497 e. The molecule has 3 aromatic carbocycles. The summed E-state index contributed by atoms with van der Waals surface area (Å²) >= 11 is 8.04. The number of carbonyl (C=O) groups is 4. The molecule has 1 saturated heterocycles. The maximum absolute atomic E-state index is 14.1. The number of esters is 1. The van der Waals surface area contributed by atoms with Crippen molar-refractivity contribution >= 4 is 69.8 Å². The zero-order chi connectivity index (χ0) is 31.8. The van der Waals surface area contributed by atoms with Gasteiger partial charge in [0.25, 0.3) is 0 Å². The molecule has 1 fully saturated rings. The van der Waals surface area contributed by atoms with Crippen molar-refractivity contribution < 1.29 is 28.7 Å². The number of nitrogens with one attached hydrogen (secondary N) is 1. The van der Waals surface area contributed by atoms with Crippen LogP contribution in [0.4, 0.5) is 11.4 Å². The number of methoxy groups -OCH3 is 1. The smallest absolute Gasteiger partial charge is 0.338 e. The van der Waals surface area contributed by atoms with Crippen molar-refractivity contribution in [1.29, 1.82) is 0 Å². The Morgan fingerprint density at radius 2 is 1.62 bits per heavy atom. The quantitative estimate of drug-likeness (QED) is 0.202. The van der Waals surface area contributed by atoms with Crippen molar-refractivity contribution in [3.63, 3.8) is 0 Å². The van der Waals surface area contributed by atoms with E-state index in [9.17, 15) is 24.0 Å². The van der Waals surface area contributed by atoms with Crippen LogP contribution >= 0.6 is 34.7 Å². The van der Waals surface area contributed by atoms with Gasteiger partial charge in [0, 0.05) is 21.5 Å². The lowest BCUT2D eigenvalue weighted by atomic mass is 9.83. The topological polar surface area (TPSA) is 124 Å². The number of hydrogen-bond acceptors (Lipinski definition) is 9. The zero-order valence-corrected chi connectivity index (χ0v) is 26.4. The molecule has 0 unspecified atom stereocenters. The Hall–Kier alpha value is -4.39. The zero-order valence-electron chi connectivity index (χ0n) is 24.0. The molecule has 0 aliphatic carbocycles. The number of rotatable bonds is 8. The van der Waals surface area contributed by atoms with Crippen LogP contribution in [0.25, 0.3) is 0 Å². The molecule has 13 heteroatoms. The van der Waals surface area contributed by atoms with Crippen molar-refractivity contribution in [2.24, 2.45) is 5.92 Å². The largest absolute Gasteiger partial charge is 0.497 e. The highest BCUT2D eigenvalue weighted by molar-refractivity contribution is 8.00. The molecular formula is C32H26ClN3O7S2. The molecule has 3 atom stereocenters. The van der Waals surface area contributed by atoms with E-state index in [1.54, 1.807) is 62.6 Å². The summed E-state index contributed by atoms with van der Waals surface area (Å²) in [4.78, 5) is 68.0. The number of amides is 3. The highest BCUT2D eigenvalue weighted by Crippen LogP contribution is 2.54. The van der Waals surface area contributed by atoms with E-state index in [-0.39, 0.29) is 18.0 Å². The first-order valence-electron chi connectivity index (χ1n) is 13.9. The van der Waals surface area contributed by atoms with E-state index >= 15 is 0 Å². The van der Waals surface area contributed by atoms with E-state index < -0.39 is 40.8 Å². The second-order valence-corrected chi connectivity index (χ2v) is 12.8. The maximum atomic E-state index is 14.1. The number of aromatic nitrogens is 1. The highest BCUT2D eigenvalue weighted by Gasteiger charge is 2.56. The molecule has 6 rings (SSSR count). The van der Waals surface area contributed by atoms with Gasteiger partial charge in [-0.1, -0.05) is 46.8 Å². The van der Waals surface area contributed by atoms with Crippen molar-refractivity contribution in [2.45, 2.75) is 29.7 Å². The molecule has 0 bridgehead atoms. The Kier molecular flexibility index (Phi) is 8.54. The van der Waals surface area contributed by atoms with E-state index in [1.807, 2.05) is 12.1 Å². The summed E-state index contributed by atoms with van der Waals surface area (Å²) in [5.41, 5.74) is 1.87. The van der Waals surface area contributed by atoms with Gasteiger partial charge in [0.2, 0.25) is 17.7 Å². The molecule has 0 radical (unpaired) electrons. The van der Waals surface area contributed by atoms with Gasteiger partial charge in [-0.2, -0.15) is 0 Å². The average Bonchev–Trinajstić information content (AvgIpc) is 3.48. The fourth-order valence-corrected chi connectivity index (χ4v) is 8.42. The summed E-state index contributed by atoms with van der Waals surface area (Å²) in [6, 6.07) is 19.9. The molecule has 4 aromatic rings. The second-order valence-electron chi connectivity index (χ2n) is 10.3. The van der Waals surface area contributed by atoms with Crippen LogP contribution in [0.1, 0.15) is 33.6 Å². The van der Waals surface area contributed by atoms with Gasteiger partial charge in [-0.15, -0.1) is 0 Å². The van der Waals surface area contributed by atoms with E-state index in [0.29, 0.717) is 37.6 Å². The Morgan fingerprint density at radius 3 is 2.27 bits per heavy atom. The van der Waals surface area contributed by atoms with E-state index in [2.05, 4.69) is 5.32 Å². The second kappa shape index (κ2) is 12.5. The molecule has 0 spiro atoms. The summed E-state index contributed by atoms with van der Waals surface area (Å²) in [5.74, 6) is -2.63. The third-order valence-corrected chi connectivity index (χ3v) is 10.4. The van der Waals surface area contributed by atoms with Crippen molar-refractivity contribution in [3.05, 3.63) is 103 Å². The average molecular weight is 664 g/mol. The Bertz CT molecular complexity index is 1850. The van der Waals surface area contributed by atoms with Crippen LogP contribution < -0.4 is 19.8 Å². The maximum Gasteiger partial charge on any atom is 0.338 e. The number of imide groups is 1. The molecule has 10 nitrogen and oxygen atoms in total. The number of carbonyl (C=O) groups excluding carboxylic acids is 4. The monoisotopic (exact) mass is 663 g/mol. The molecule has 2 aliphatic rings. The van der Waals surface area contributed by atoms with Gasteiger partial charge in [-0.05, 0) is 73.2 Å². The van der Waals surface area contributed by atoms with E-state index in [0.717, 1.165) is 33.6 Å². The van der Waals surface area contributed by atoms with E-state index in [1.165, 1.54) is 16.7 Å². The van der Waals surface area contributed by atoms with Gasteiger partial charge in [0.15, 0.2) is 0 Å². The third kappa shape index (κ3) is 5.76. The van der Waals surface area contributed by atoms with Gasteiger partial charge in [-0.25, -0.2) is 9.69 Å². The van der Waals surface area contributed by atoms with Crippen LogP contribution in [0.15, 0.2) is 82.6 Å². The SMILES string of the molecule is CCOC(=O)c1ccc(N2C(=O)[C@H]3[C@H](c4ccc(OC)cc4)c4sc(=O)n(CC(=O)Nc5ccc(Cl)cc5)c4S[C@H]3C2=O)cc1.